The van der Waals surface area contributed by atoms with Crippen LogP contribution in [0.5, 0.6) is 0 Å². The molecule has 2 aliphatic rings. The lowest BCUT2D eigenvalue weighted by Gasteiger charge is -2.38. The van der Waals surface area contributed by atoms with Gasteiger partial charge < -0.3 is 14.4 Å². The first-order valence-electron chi connectivity index (χ1n) is 6.37. The Morgan fingerprint density at radius 2 is 2.11 bits per heavy atom. The molecule has 0 aromatic heterocycles. The number of carbonyl (C=O) groups excluding carboxylic acids is 1. The van der Waals surface area contributed by atoms with E-state index in [1.54, 1.807) is 4.90 Å². The van der Waals surface area contributed by atoms with Gasteiger partial charge in [-0.3, -0.25) is 0 Å². The van der Waals surface area contributed by atoms with Gasteiger partial charge in [-0.05, 0) is 12.0 Å². The van der Waals surface area contributed by atoms with E-state index in [2.05, 4.69) is 0 Å². The quantitative estimate of drug-likeness (QED) is 0.804. The number of hydrogen-bond donors (Lipinski definition) is 0. The maximum Gasteiger partial charge on any atom is 0.410 e. The second-order valence-corrected chi connectivity index (χ2v) is 4.99. The third-order valence-electron chi connectivity index (χ3n) is 3.75. The van der Waals surface area contributed by atoms with E-state index in [0.717, 1.165) is 31.6 Å². The summed E-state index contributed by atoms with van der Waals surface area (Å²) in [6, 6.07) is 9.73. The van der Waals surface area contributed by atoms with Crippen molar-refractivity contribution < 1.29 is 14.3 Å². The number of benzene rings is 1. The van der Waals surface area contributed by atoms with Gasteiger partial charge in [-0.25, -0.2) is 4.79 Å². The van der Waals surface area contributed by atoms with Crippen LogP contribution in [-0.4, -0.2) is 36.3 Å². The number of hydrogen-bond acceptors (Lipinski definition) is 3. The zero-order valence-corrected chi connectivity index (χ0v) is 10.3. The normalized spacial score (nSPS) is 26.1. The highest BCUT2D eigenvalue weighted by Gasteiger charge is 2.46. The van der Waals surface area contributed by atoms with Crippen LogP contribution in [0.15, 0.2) is 30.3 Å². The minimum absolute atomic E-state index is 0.0498. The fraction of sp³-hybridized carbons (Fsp3) is 0.500. The van der Waals surface area contributed by atoms with Crippen LogP contribution in [0, 0.1) is 0 Å². The van der Waals surface area contributed by atoms with Crippen molar-refractivity contribution in [2.45, 2.75) is 25.0 Å². The Balaban J connectivity index is 1.50. The van der Waals surface area contributed by atoms with Crippen molar-refractivity contribution in [1.29, 1.82) is 0 Å². The molecule has 4 nitrogen and oxygen atoms in total. The lowest BCUT2D eigenvalue weighted by molar-refractivity contribution is -0.136. The van der Waals surface area contributed by atoms with E-state index in [0.29, 0.717) is 13.2 Å². The largest absolute Gasteiger partial charge is 0.445 e. The lowest BCUT2D eigenvalue weighted by Crippen LogP contribution is -2.46. The molecule has 0 aliphatic carbocycles. The number of rotatable bonds is 2. The van der Waals surface area contributed by atoms with Gasteiger partial charge in [0.25, 0.3) is 0 Å². The third-order valence-corrected chi connectivity index (χ3v) is 3.75. The van der Waals surface area contributed by atoms with E-state index in [1.165, 1.54) is 0 Å². The molecule has 1 spiro atoms. The molecule has 4 heteroatoms. The van der Waals surface area contributed by atoms with Crippen molar-refractivity contribution in [3.8, 4) is 0 Å². The van der Waals surface area contributed by atoms with Crippen LogP contribution in [0.2, 0.25) is 0 Å². The molecule has 1 unspecified atom stereocenters. The number of likely N-dealkylation sites (tertiary alicyclic amines) is 1. The van der Waals surface area contributed by atoms with Gasteiger partial charge in [0.1, 0.15) is 6.61 Å². The molecule has 2 fully saturated rings. The highest BCUT2D eigenvalue weighted by Crippen LogP contribution is 2.35. The minimum Gasteiger partial charge on any atom is -0.445 e. The molecule has 2 aliphatic heterocycles. The second-order valence-electron chi connectivity index (χ2n) is 4.99. The molecular formula is C14H17NO3. The van der Waals surface area contributed by atoms with E-state index in [9.17, 15) is 4.79 Å². The smallest absolute Gasteiger partial charge is 0.410 e. The van der Waals surface area contributed by atoms with Crippen LogP contribution < -0.4 is 0 Å². The van der Waals surface area contributed by atoms with Crippen molar-refractivity contribution >= 4 is 6.09 Å². The predicted molar refractivity (Wildman–Crippen MR) is 66.1 cm³/mol. The topological polar surface area (TPSA) is 38.8 Å². The van der Waals surface area contributed by atoms with Crippen molar-refractivity contribution in [1.82, 2.24) is 4.90 Å². The van der Waals surface area contributed by atoms with Crippen molar-refractivity contribution in [3.63, 3.8) is 0 Å². The first kappa shape index (κ1) is 11.5. The van der Waals surface area contributed by atoms with Crippen molar-refractivity contribution in [2.75, 3.05) is 19.7 Å². The number of amides is 1. The van der Waals surface area contributed by atoms with Crippen molar-refractivity contribution in [3.05, 3.63) is 35.9 Å². The highest BCUT2D eigenvalue weighted by atomic mass is 16.6. The average molecular weight is 247 g/mol. The summed E-state index contributed by atoms with van der Waals surface area (Å²) >= 11 is 0. The molecule has 3 rings (SSSR count). The van der Waals surface area contributed by atoms with E-state index in [4.69, 9.17) is 9.47 Å². The first-order valence-corrected chi connectivity index (χ1v) is 6.37. The summed E-state index contributed by atoms with van der Waals surface area (Å²) in [6.07, 6.45) is 1.77. The van der Waals surface area contributed by atoms with Gasteiger partial charge >= 0.3 is 6.09 Å². The Morgan fingerprint density at radius 1 is 1.33 bits per heavy atom. The Kier molecular flexibility index (Phi) is 2.96. The standard InChI is InChI=1S/C14H17NO3/c16-13(17-10-12-4-2-1-3-5-12)15-8-6-14(11-15)7-9-18-14/h1-5H,6-11H2. The molecule has 96 valence electrons. The Hall–Kier alpha value is -1.55. The molecule has 18 heavy (non-hydrogen) atoms. The molecule has 0 N–H and O–H groups in total. The molecular weight excluding hydrogens is 230 g/mol. The number of carbonyl (C=O) groups is 1. The Bertz CT molecular complexity index is 428. The zero-order valence-electron chi connectivity index (χ0n) is 10.3. The maximum absolute atomic E-state index is 11.9. The Labute approximate surface area is 106 Å². The predicted octanol–water partition coefficient (Wildman–Crippen LogP) is 2.19. The molecule has 1 atom stereocenters. The van der Waals surface area contributed by atoms with Gasteiger partial charge in [0.2, 0.25) is 0 Å². The van der Waals surface area contributed by atoms with Crippen LogP contribution in [0.1, 0.15) is 18.4 Å². The van der Waals surface area contributed by atoms with Gasteiger partial charge in [0, 0.05) is 13.0 Å². The van der Waals surface area contributed by atoms with Gasteiger partial charge in [0.05, 0.1) is 18.8 Å². The van der Waals surface area contributed by atoms with E-state index >= 15 is 0 Å². The van der Waals surface area contributed by atoms with Gasteiger partial charge in [-0.1, -0.05) is 30.3 Å². The average Bonchev–Trinajstić information content (AvgIpc) is 2.82. The van der Waals surface area contributed by atoms with Crippen LogP contribution in [0.4, 0.5) is 4.79 Å². The Morgan fingerprint density at radius 3 is 2.72 bits per heavy atom. The van der Waals surface area contributed by atoms with E-state index < -0.39 is 0 Å². The van der Waals surface area contributed by atoms with Crippen molar-refractivity contribution in [2.24, 2.45) is 0 Å². The van der Waals surface area contributed by atoms with Gasteiger partial charge in [-0.2, -0.15) is 0 Å². The van der Waals surface area contributed by atoms with E-state index in [1.807, 2.05) is 30.3 Å². The van der Waals surface area contributed by atoms with Crippen LogP contribution in [-0.2, 0) is 16.1 Å². The molecule has 1 aromatic rings. The van der Waals surface area contributed by atoms with Gasteiger partial charge in [0.15, 0.2) is 0 Å². The summed E-state index contributed by atoms with van der Waals surface area (Å²) in [7, 11) is 0. The summed E-state index contributed by atoms with van der Waals surface area (Å²) in [5, 5.41) is 0. The summed E-state index contributed by atoms with van der Waals surface area (Å²) in [4.78, 5) is 13.6. The molecule has 2 saturated heterocycles. The van der Waals surface area contributed by atoms with Crippen LogP contribution >= 0.6 is 0 Å². The van der Waals surface area contributed by atoms with Gasteiger partial charge in [-0.15, -0.1) is 0 Å². The third kappa shape index (κ3) is 2.20. The number of nitrogens with zero attached hydrogens (tertiary/aromatic N) is 1. The molecule has 0 radical (unpaired) electrons. The maximum atomic E-state index is 11.9. The molecule has 1 aromatic carbocycles. The molecule has 0 bridgehead atoms. The second kappa shape index (κ2) is 4.61. The van der Waals surface area contributed by atoms with Crippen LogP contribution in [0.25, 0.3) is 0 Å². The summed E-state index contributed by atoms with van der Waals surface area (Å²) in [6.45, 7) is 2.59. The summed E-state index contributed by atoms with van der Waals surface area (Å²) < 4.78 is 10.9. The van der Waals surface area contributed by atoms with E-state index in [-0.39, 0.29) is 11.7 Å². The first-order chi connectivity index (χ1) is 8.77. The molecule has 2 heterocycles. The summed E-state index contributed by atoms with van der Waals surface area (Å²) in [5.74, 6) is 0. The zero-order chi connectivity index (χ0) is 12.4. The van der Waals surface area contributed by atoms with Crippen LogP contribution in [0.3, 0.4) is 0 Å². The molecule has 1 amide bonds. The highest BCUT2D eigenvalue weighted by molar-refractivity contribution is 5.68. The fourth-order valence-electron chi connectivity index (χ4n) is 2.52. The fourth-order valence-corrected chi connectivity index (χ4v) is 2.52. The summed E-state index contributed by atoms with van der Waals surface area (Å²) in [5.41, 5.74) is 0.964. The lowest BCUT2D eigenvalue weighted by atomic mass is 9.94. The monoisotopic (exact) mass is 247 g/mol. The minimum atomic E-state index is -0.230. The molecule has 0 saturated carbocycles. The SMILES string of the molecule is O=C(OCc1ccccc1)N1CCC2(CCO2)C1. The number of ether oxygens (including phenoxy) is 2.